The lowest BCUT2D eigenvalue weighted by Crippen LogP contribution is -2.23. The third kappa shape index (κ3) is 4.32. The van der Waals surface area contributed by atoms with Gasteiger partial charge in [0.1, 0.15) is 17.1 Å². The molecule has 4 rings (SSSR count). The van der Waals surface area contributed by atoms with Crippen LogP contribution in [0.5, 0.6) is 5.75 Å². The fraction of sp³-hybridized carbons (Fsp3) is 0.227. The van der Waals surface area contributed by atoms with Crippen LogP contribution in [0.25, 0.3) is 11.0 Å². The Balaban J connectivity index is 1.31. The first-order valence-corrected chi connectivity index (χ1v) is 9.42. The van der Waals surface area contributed by atoms with Crippen molar-refractivity contribution < 1.29 is 27.9 Å². The molecule has 1 heterocycles. The van der Waals surface area contributed by atoms with Gasteiger partial charge in [-0.3, -0.25) is 4.79 Å². The summed E-state index contributed by atoms with van der Waals surface area (Å²) in [7, 11) is 0. The van der Waals surface area contributed by atoms with Crippen LogP contribution in [0.1, 0.15) is 17.5 Å². The Labute approximate surface area is 170 Å². The second-order valence-corrected chi connectivity index (χ2v) is 6.86. The summed E-state index contributed by atoms with van der Waals surface area (Å²) < 4.78 is 28.5. The lowest BCUT2D eigenvalue weighted by molar-refractivity contribution is -0.149. The van der Waals surface area contributed by atoms with Crippen molar-refractivity contribution in [3.05, 3.63) is 69.8 Å². The van der Waals surface area contributed by atoms with Gasteiger partial charge in [-0.1, -0.05) is 0 Å². The van der Waals surface area contributed by atoms with Crippen molar-refractivity contribution in [3.8, 4) is 5.75 Å². The predicted octanol–water partition coefficient (Wildman–Crippen LogP) is 2.98. The summed E-state index contributed by atoms with van der Waals surface area (Å²) in [6.07, 6.45) is 2.49. The Morgan fingerprint density at radius 1 is 1.03 bits per heavy atom. The number of amides is 1. The summed E-state index contributed by atoms with van der Waals surface area (Å²) in [6, 6.07) is 10.3. The monoisotopic (exact) mass is 411 g/mol. The molecule has 0 fully saturated rings. The Kier molecular flexibility index (Phi) is 5.47. The van der Waals surface area contributed by atoms with Crippen LogP contribution in [0.15, 0.2) is 51.7 Å². The molecule has 0 saturated carbocycles. The highest BCUT2D eigenvalue weighted by Gasteiger charge is 2.19. The molecule has 8 heteroatoms. The van der Waals surface area contributed by atoms with Gasteiger partial charge in [0, 0.05) is 22.7 Å². The van der Waals surface area contributed by atoms with Gasteiger partial charge < -0.3 is 19.2 Å². The van der Waals surface area contributed by atoms with Crippen LogP contribution in [0.2, 0.25) is 0 Å². The topological polar surface area (TPSA) is 94.8 Å². The number of hydrogen-bond acceptors (Lipinski definition) is 6. The Morgan fingerprint density at radius 2 is 1.80 bits per heavy atom. The summed E-state index contributed by atoms with van der Waals surface area (Å²) in [5, 5.41) is 3.35. The number of fused-ring (bicyclic) bond motifs is 3. The number of carbonyl (C=O) groups excluding carboxylic acids is 2. The maximum Gasteiger partial charge on any atom is 0.344 e. The molecule has 0 spiro atoms. The number of anilines is 1. The molecule has 1 aromatic heterocycles. The Hall–Kier alpha value is -3.68. The minimum atomic E-state index is -0.736. The highest BCUT2D eigenvalue weighted by atomic mass is 19.1. The molecule has 0 unspecified atom stereocenters. The van der Waals surface area contributed by atoms with Crippen molar-refractivity contribution in [3.63, 3.8) is 0 Å². The average Bonchev–Trinajstić information content (AvgIpc) is 3.23. The maximum absolute atomic E-state index is 12.8. The smallest absolute Gasteiger partial charge is 0.344 e. The normalized spacial score (nSPS) is 12.4. The van der Waals surface area contributed by atoms with Crippen LogP contribution < -0.4 is 15.7 Å². The minimum Gasteiger partial charge on any atom is -0.482 e. The number of carbonyl (C=O) groups is 2. The number of halogens is 1. The van der Waals surface area contributed by atoms with E-state index >= 15 is 0 Å². The zero-order valence-electron chi connectivity index (χ0n) is 15.9. The first-order chi connectivity index (χ1) is 14.5. The van der Waals surface area contributed by atoms with Crippen LogP contribution in [-0.4, -0.2) is 25.1 Å². The molecule has 1 aliphatic carbocycles. The number of esters is 1. The molecule has 1 N–H and O–H groups in total. The zero-order valence-corrected chi connectivity index (χ0v) is 15.9. The lowest BCUT2D eigenvalue weighted by atomic mass is 10.1. The molecule has 7 nitrogen and oxygen atoms in total. The second kappa shape index (κ2) is 8.36. The van der Waals surface area contributed by atoms with Crippen molar-refractivity contribution in [2.75, 3.05) is 18.5 Å². The summed E-state index contributed by atoms with van der Waals surface area (Å²) in [4.78, 5) is 35.7. The molecule has 0 saturated heterocycles. The van der Waals surface area contributed by atoms with E-state index in [1.54, 1.807) is 18.2 Å². The van der Waals surface area contributed by atoms with E-state index in [4.69, 9.17) is 13.9 Å². The molecular weight excluding hydrogens is 393 g/mol. The number of aryl methyl sites for hydroxylation is 1. The number of benzene rings is 2. The quantitative estimate of drug-likeness (QED) is 0.495. The molecule has 154 valence electrons. The highest BCUT2D eigenvalue weighted by Crippen LogP contribution is 2.29. The van der Waals surface area contributed by atoms with Crippen molar-refractivity contribution in [1.82, 2.24) is 0 Å². The fourth-order valence-corrected chi connectivity index (χ4v) is 3.41. The van der Waals surface area contributed by atoms with Gasteiger partial charge in [-0.15, -0.1) is 0 Å². The minimum absolute atomic E-state index is 0.335. The van der Waals surface area contributed by atoms with Crippen LogP contribution in [0, 0.1) is 5.82 Å². The van der Waals surface area contributed by atoms with E-state index in [1.807, 2.05) is 0 Å². The van der Waals surface area contributed by atoms with Gasteiger partial charge in [0.15, 0.2) is 13.2 Å². The molecule has 2 aromatic carbocycles. The van der Waals surface area contributed by atoms with Gasteiger partial charge >= 0.3 is 11.6 Å². The first kappa shape index (κ1) is 19.6. The molecule has 0 bridgehead atoms. The average molecular weight is 411 g/mol. The van der Waals surface area contributed by atoms with Crippen molar-refractivity contribution in [2.24, 2.45) is 0 Å². The molecule has 1 aliphatic rings. The summed E-state index contributed by atoms with van der Waals surface area (Å²) in [5.41, 5.74) is 2.21. The Bertz CT molecular complexity index is 1170. The summed E-state index contributed by atoms with van der Waals surface area (Å²) in [6.45, 7) is -0.914. The number of nitrogens with one attached hydrogen (secondary N) is 1. The van der Waals surface area contributed by atoms with Crippen molar-refractivity contribution in [2.45, 2.75) is 19.3 Å². The lowest BCUT2D eigenvalue weighted by Gasteiger charge is -2.09. The van der Waals surface area contributed by atoms with E-state index in [9.17, 15) is 18.8 Å². The summed E-state index contributed by atoms with van der Waals surface area (Å²) in [5.74, 6) is -1.37. The maximum atomic E-state index is 12.8. The fourth-order valence-electron chi connectivity index (χ4n) is 3.41. The van der Waals surface area contributed by atoms with Crippen LogP contribution >= 0.6 is 0 Å². The van der Waals surface area contributed by atoms with Gasteiger partial charge in [-0.2, -0.15) is 0 Å². The van der Waals surface area contributed by atoms with Gasteiger partial charge in [0.05, 0.1) is 0 Å². The largest absolute Gasteiger partial charge is 0.482 e. The van der Waals surface area contributed by atoms with Gasteiger partial charge in [-0.05, 0) is 61.2 Å². The molecule has 1 amide bonds. The number of hydrogen-bond donors (Lipinski definition) is 1. The molecule has 3 aromatic rings. The standard InChI is InChI=1S/C22H18FNO6/c23-13-4-6-14(7-5-13)24-20(25)11-29-21(26)12-28-15-8-9-17-16-2-1-3-18(16)22(27)30-19(17)10-15/h4-10H,1-3,11-12H2,(H,24,25). The van der Waals surface area contributed by atoms with E-state index in [0.29, 0.717) is 17.0 Å². The van der Waals surface area contributed by atoms with E-state index < -0.39 is 30.9 Å². The van der Waals surface area contributed by atoms with E-state index in [2.05, 4.69) is 5.32 Å². The molecule has 0 radical (unpaired) electrons. The third-order valence-electron chi connectivity index (χ3n) is 4.79. The van der Waals surface area contributed by atoms with Crippen LogP contribution in [0.3, 0.4) is 0 Å². The van der Waals surface area contributed by atoms with E-state index in [-0.39, 0.29) is 5.63 Å². The SMILES string of the molecule is O=C(COC(=O)COc1ccc2c3c(c(=O)oc2c1)CCC3)Nc1ccc(F)cc1. The predicted molar refractivity (Wildman–Crippen MR) is 106 cm³/mol. The zero-order chi connectivity index (χ0) is 21.1. The third-order valence-corrected chi connectivity index (χ3v) is 4.79. The number of rotatable bonds is 6. The molecule has 0 aliphatic heterocycles. The van der Waals surface area contributed by atoms with Gasteiger partial charge in [0.25, 0.3) is 5.91 Å². The van der Waals surface area contributed by atoms with E-state index in [1.165, 1.54) is 24.3 Å². The molecular formula is C22H18FNO6. The van der Waals surface area contributed by atoms with Gasteiger partial charge in [-0.25, -0.2) is 14.0 Å². The van der Waals surface area contributed by atoms with E-state index in [0.717, 1.165) is 35.8 Å². The van der Waals surface area contributed by atoms with Gasteiger partial charge in [0.2, 0.25) is 0 Å². The van der Waals surface area contributed by atoms with Crippen molar-refractivity contribution in [1.29, 1.82) is 0 Å². The first-order valence-electron chi connectivity index (χ1n) is 9.42. The number of ether oxygens (including phenoxy) is 2. The second-order valence-electron chi connectivity index (χ2n) is 6.86. The van der Waals surface area contributed by atoms with Crippen LogP contribution in [0.4, 0.5) is 10.1 Å². The van der Waals surface area contributed by atoms with Crippen molar-refractivity contribution >= 4 is 28.5 Å². The van der Waals surface area contributed by atoms with Crippen LogP contribution in [-0.2, 0) is 27.2 Å². The molecule has 0 atom stereocenters. The Morgan fingerprint density at radius 3 is 2.60 bits per heavy atom. The molecule has 30 heavy (non-hydrogen) atoms. The highest BCUT2D eigenvalue weighted by molar-refractivity contribution is 5.92. The summed E-state index contributed by atoms with van der Waals surface area (Å²) >= 11 is 0.